The largest absolute Gasteiger partial charge is 0.355 e. The zero-order chi connectivity index (χ0) is 17.8. The summed E-state index contributed by atoms with van der Waals surface area (Å²) in [5, 5.41) is 6.83. The van der Waals surface area contributed by atoms with Crippen LogP contribution in [0.15, 0.2) is 59.3 Å². The quantitative estimate of drug-likeness (QED) is 0.751. The zero-order valence-electron chi connectivity index (χ0n) is 14.6. The summed E-state index contributed by atoms with van der Waals surface area (Å²) in [5.74, 6) is 0.337. The minimum absolute atomic E-state index is 0.0736. The molecule has 0 aliphatic carbocycles. The summed E-state index contributed by atoms with van der Waals surface area (Å²) in [4.78, 5) is 14.5. The molecular formula is C19H22N4O2. The van der Waals surface area contributed by atoms with E-state index in [9.17, 15) is 4.79 Å². The van der Waals surface area contributed by atoms with Gasteiger partial charge in [0.1, 0.15) is 0 Å². The van der Waals surface area contributed by atoms with Crippen LogP contribution in [0.25, 0.3) is 11.3 Å². The van der Waals surface area contributed by atoms with Gasteiger partial charge >= 0.3 is 0 Å². The van der Waals surface area contributed by atoms with Gasteiger partial charge in [-0.3, -0.25) is 9.69 Å². The third-order valence-corrected chi connectivity index (χ3v) is 4.21. The molecule has 0 bridgehead atoms. The topological polar surface area (TPSA) is 63.3 Å². The first-order valence-electron chi connectivity index (χ1n) is 8.14. The molecule has 0 fully saturated rings. The van der Waals surface area contributed by atoms with Crippen LogP contribution in [0.1, 0.15) is 22.2 Å². The standard InChI is InChI=1S/C19H22N4O2/c1-22(2)17(16-10-7-11-23(16)3)13-20-19(24)15-12-18(25-21-15)14-8-5-4-6-9-14/h4-12,17H,13H2,1-3H3,(H,20,24). The van der Waals surface area contributed by atoms with Gasteiger partial charge in [-0.05, 0) is 26.2 Å². The van der Waals surface area contributed by atoms with Crippen LogP contribution in [0.5, 0.6) is 0 Å². The second-order valence-corrected chi connectivity index (χ2v) is 6.18. The lowest BCUT2D eigenvalue weighted by molar-refractivity contribution is 0.0932. The highest BCUT2D eigenvalue weighted by Crippen LogP contribution is 2.20. The van der Waals surface area contributed by atoms with Crippen molar-refractivity contribution in [2.45, 2.75) is 6.04 Å². The van der Waals surface area contributed by atoms with Crippen molar-refractivity contribution in [1.82, 2.24) is 19.9 Å². The average Bonchev–Trinajstić information content (AvgIpc) is 3.25. The van der Waals surface area contributed by atoms with Gasteiger partial charge in [-0.2, -0.15) is 0 Å². The molecule has 6 heteroatoms. The Morgan fingerprint density at radius 3 is 2.64 bits per heavy atom. The van der Waals surface area contributed by atoms with Gasteiger partial charge in [0.25, 0.3) is 5.91 Å². The second kappa shape index (κ2) is 7.36. The number of amides is 1. The van der Waals surface area contributed by atoms with Crippen molar-refractivity contribution in [3.8, 4) is 11.3 Å². The number of nitrogens with zero attached hydrogens (tertiary/aromatic N) is 3. The summed E-state index contributed by atoms with van der Waals surface area (Å²) >= 11 is 0. The van der Waals surface area contributed by atoms with E-state index in [-0.39, 0.29) is 17.6 Å². The predicted molar refractivity (Wildman–Crippen MR) is 96.1 cm³/mol. The normalized spacial score (nSPS) is 12.3. The van der Waals surface area contributed by atoms with Crippen molar-refractivity contribution < 1.29 is 9.32 Å². The molecule has 0 aliphatic rings. The van der Waals surface area contributed by atoms with Crippen molar-refractivity contribution in [2.75, 3.05) is 20.6 Å². The average molecular weight is 338 g/mol. The summed E-state index contributed by atoms with van der Waals surface area (Å²) < 4.78 is 7.35. The molecule has 2 heterocycles. The van der Waals surface area contributed by atoms with E-state index >= 15 is 0 Å². The summed E-state index contributed by atoms with van der Waals surface area (Å²) in [6, 6.07) is 15.4. The SMILES string of the molecule is CN(C)C(CNC(=O)c1cc(-c2ccccc2)on1)c1cccn1C. The Bertz CT molecular complexity index is 836. The number of nitrogens with one attached hydrogen (secondary N) is 1. The summed E-state index contributed by atoms with van der Waals surface area (Å²) in [6.45, 7) is 0.483. The molecule has 130 valence electrons. The van der Waals surface area contributed by atoms with Crippen LogP contribution < -0.4 is 5.32 Å². The van der Waals surface area contributed by atoms with Gasteiger partial charge in [0.05, 0.1) is 6.04 Å². The van der Waals surface area contributed by atoms with E-state index in [1.165, 1.54) is 0 Å². The fraction of sp³-hybridized carbons (Fsp3) is 0.263. The highest BCUT2D eigenvalue weighted by Gasteiger charge is 2.19. The summed E-state index contributed by atoms with van der Waals surface area (Å²) in [6.07, 6.45) is 2.00. The highest BCUT2D eigenvalue weighted by atomic mass is 16.5. The number of hydrogen-bond donors (Lipinski definition) is 1. The molecule has 0 spiro atoms. The van der Waals surface area contributed by atoms with E-state index in [0.717, 1.165) is 11.3 Å². The lowest BCUT2D eigenvalue weighted by Gasteiger charge is -2.25. The van der Waals surface area contributed by atoms with Gasteiger partial charge in [0, 0.05) is 37.1 Å². The number of hydrogen-bond acceptors (Lipinski definition) is 4. The maximum Gasteiger partial charge on any atom is 0.273 e. The zero-order valence-corrected chi connectivity index (χ0v) is 14.6. The Balaban J connectivity index is 1.68. The van der Waals surface area contributed by atoms with Crippen molar-refractivity contribution in [3.05, 3.63) is 66.1 Å². The van der Waals surface area contributed by atoms with Crippen molar-refractivity contribution in [2.24, 2.45) is 7.05 Å². The van der Waals surface area contributed by atoms with E-state index in [1.54, 1.807) is 6.07 Å². The fourth-order valence-corrected chi connectivity index (χ4v) is 2.77. The number of carbonyl (C=O) groups is 1. The van der Waals surface area contributed by atoms with Gasteiger partial charge in [-0.25, -0.2) is 0 Å². The maximum atomic E-state index is 12.4. The Morgan fingerprint density at radius 2 is 2.00 bits per heavy atom. The fourth-order valence-electron chi connectivity index (χ4n) is 2.77. The van der Waals surface area contributed by atoms with Gasteiger partial charge in [0.15, 0.2) is 11.5 Å². The van der Waals surface area contributed by atoms with Crippen molar-refractivity contribution >= 4 is 5.91 Å². The van der Waals surface area contributed by atoms with Crippen LogP contribution >= 0.6 is 0 Å². The third kappa shape index (κ3) is 3.80. The molecule has 0 aliphatic heterocycles. The van der Waals surface area contributed by atoms with Crippen LogP contribution in [-0.2, 0) is 7.05 Å². The molecule has 1 atom stereocenters. The van der Waals surface area contributed by atoms with Gasteiger partial charge in [-0.1, -0.05) is 35.5 Å². The number of benzene rings is 1. The second-order valence-electron chi connectivity index (χ2n) is 6.18. The molecule has 0 radical (unpaired) electrons. The predicted octanol–water partition coefficient (Wildman–Crippen LogP) is 2.71. The minimum atomic E-state index is -0.244. The molecule has 2 aromatic heterocycles. The lowest BCUT2D eigenvalue weighted by Crippen LogP contribution is -2.35. The molecule has 3 aromatic rings. The number of aryl methyl sites for hydroxylation is 1. The highest BCUT2D eigenvalue weighted by molar-refractivity contribution is 5.93. The molecule has 3 rings (SSSR count). The maximum absolute atomic E-state index is 12.4. The number of rotatable bonds is 6. The molecule has 1 N–H and O–H groups in total. The minimum Gasteiger partial charge on any atom is -0.355 e. The van der Waals surface area contributed by atoms with Crippen LogP contribution in [0.3, 0.4) is 0 Å². The van der Waals surface area contributed by atoms with E-state index < -0.39 is 0 Å². The summed E-state index contributed by atoms with van der Waals surface area (Å²) in [7, 11) is 5.98. The Labute approximate surface area is 147 Å². The molecule has 1 unspecified atom stereocenters. The Kier molecular flexibility index (Phi) is 5.00. The third-order valence-electron chi connectivity index (χ3n) is 4.21. The first-order chi connectivity index (χ1) is 12.1. The van der Waals surface area contributed by atoms with Gasteiger partial charge in [0.2, 0.25) is 0 Å². The van der Waals surface area contributed by atoms with E-state index in [2.05, 4.69) is 26.0 Å². The van der Waals surface area contributed by atoms with Crippen molar-refractivity contribution in [3.63, 3.8) is 0 Å². The number of carbonyl (C=O) groups excluding carboxylic acids is 1. The van der Waals surface area contributed by atoms with Crippen LogP contribution in [0.4, 0.5) is 0 Å². The Hall–Kier alpha value is -2.86. The van der Waals surface area contributed by atoms with E-state index in [0.29, 0.717) is 12.3 Å². The molecule has 0 saturated carbocycles. The molecule has 1 aromatic carbocycles. The first-order valence-corrected chi connectivity index (χ1v) is 8.14. The van der Waals surface area contributed by atoms with Gasteiger partial charge < -0.3 is 14.4 Å². The first kappa shape index (κ1) is 17.0. The smallest absolute Gasteiger partial charge is 0.273 e. The molecule has 0 saturated heterocycles. The van der Waals surface area contributed by atoms with Crippen LogP contribution in [0, 0.1) is 0 Å². The monoisotopic (exact) mass is 338 g/mol. The lowest BCUT2D eigenvalue weighted by atomic mass is 10.1. The molecule has 25 heavy (non-hydrogen) atoms. The molecular weight excluding hydrogens is 316 g/mol. The van der Waals surface area contributed by atoms with Crippen LogP contribution in [0.2, 0.25) is 0 Å². The summed E-state index contributed by atoms with van der Waals surface area (Å²) in [5.41, 5.74) is 2.31. The number of likely N-dealkylation sites (N-methyl/N-ethyl adjacent to an activating group) is 1. The number of aromatic nitrogens is 2. The van der Waals surface area contributed by atoms with E-state index in [4.69, 9.17) is 4.52 Å². The Morgan fingerprint density at radius 1 is 1.24 bits per heavy atom. The van der Waals surface area contributed by atoms with Crippen molar-refractivity contribution in [1.29, 1.82) is 0 Å². The molecule has 6 nitrogen and oxygen atoms in total. The van der Waals surface area contributed by atoms with E-state index in [1.807, 2.05) is 63.7 Å². The van der Waals surface area contributed by atoms with Gasteiger partial charge in [-0.15, -0.1) is 0 Å². The molecule has 1 amide bonds. The van der Waals surface area contributed by atoms with Crippen LogP contribution in [-0.4, -0.2) is 41.2 Å².